The molecule has 0 amide bonds. The summed E-state index contributed by atoms with van der Waals surface area (Å²) in [5.41, 5.74) is 2.30. The normalized spacial score (nSPS) is 18.8. The highest BCUT2D eigenvalue weighted by Gasteiger charge is 2.40. The SMILES string of the molecule is CCOC(=O)[C@@H]1CC(=O)c2cc(OC)c(OC)cc2[C@@H]1c1ccccc1. The standard InChI is InChI=1S/C21H22O5/c1-4-26-21(23)16-10-17(22)14-11-18(24-2)19(25-3)12-15(14)20(16)13-8-6-5-7-9-13/h5-9,11-12,16,20H,4,10H2,1-3H3/t16-,20+/m1/s1. The van der Waals surface area contributed by atoms with E-state index in [2.05, 4.69) is 0 Å². The molecule has 1 aliphatic carbocycles. The number of carbonyl (C=O) groups is 2. The number of methoxy groups -OCH3 is 2. The van der Waals surface area contributed by atoms with Crippen molar-refractivity contribution in [3.63, 3.8) is 0 Å². The van der Waals surface area contributed by atoms with Crippen molar-refractivity contribution in [1.29, 1.82) is 0 Å². The van der Waals surface area contributed by atoms with E-state index < -0.39 is 5.92 Å². The van der Waals surface area contributed by atoms with Crippen LogP contribution in [0.3, 0.4) is 0 Å². The number of carbonyl (C=O) groups excluding carboxylic acids is 2. The molecular formula is C21H22O5. The Morgan fingerprint density at radius 1 is 1.08 bits per heavy atom. The predicted octanol–water partition coefficient (Wildman–Crippen LogP) is 3.60. The first-order valence-electron chi connectivity index (χ1n) is 8.61. The van der Waals surface area contributed by atoms with Gasteiger partial charge in [-0.3, -0.25) is 9.59 Å². The summed E-state index contributed by atoms with van der Waals surface area (Å²) in [5.74, 6) is -0.245. The van der Waals surface area contributed by atoms with E-state index >= 15 is 0 Å². The van der Waals surface area contributed by atoms with E-state index in [1.165, 1.54) is 7.11 Å². The van der Waals surface area contributed by atoms with Crippen LogP contribution in [0.15, 0.2) is 42.5 Å². The van der Waals surface area contributed by atoms with E-state index in [-0.39, 0.29) is 30.7 Å². The molecule has 26 heavy (non-hydrogen) atoms. The van der Waals surface area contributed by atoms with Gasteiger partial charge in [-0.2, -0.15) is 0 Å². The van der Waals surface area contributed by atoms with Gasteiger partial charge in [0, 0.05) is 17.9 Å². The third-order valence-electron chi connectivity index (χ3n) is 4.75. The maximum absolute atomic E-state index is 12.7. The Morgan fingerprint density at radius 2 is 1.73 bits per heavy atom. The lowest BCUT2D eigenvalue weighted by Gasteiger charge is -2.32. The maximum Gasteiger partial charge on any atom is 0.310 e. The van der Waals surface area contributed by atoms with Crippen LogP contribution >= 0.6 is 0 Å². The summed E-state index contributed by atoms with van der Waals surface area (Å²) in [4.78, 5) is 25.3. The molecule has 0 radical (unpaired) electrons. The molecule has 136 valence electrons. The minimum absolute atomic E-state index is 0.0915. The molecule has 0 N–H and O–H groups in total. The highest BCUT2D eigenvalue weighted by atomic mass is 16.5. The Balaban J connectivity index is 2.19. The van der Waals surface area contributed by atoms with Crippen LogP contribution in [0.1, 0.15) is 40.7 Å². The zero-order valence-corrected chi connectivity index (χ0v) is 15.2. The van der Waals surface area contributed by atoms with Crippen LogP contribution in [0, 0.1) is 5.92 Å². The van der Waals surface area contributed by atoms with Crippen molar-refractivity contribution in [1.82, 2.24) is 0 Å². The molecule has 0 bridgehead atoms. The van der Waals surface area contributed by atoms with Gasteiger partial charge in [0.25, 0.3) is 0 Å². The highest BCUT2D eigenvalue weighted by molar-refractivity contribution is 6.02. The van der Waals surface area contributed by atoms with Crippen LogP contribution in [0.5, 0.6) is 11.5 Å². The van der Waals surface area contributed by atoms with E-state index in [1.54, 1.807) is 26.2 Å². The van der Waals surface area contributed by atoms with Crippen LogP contribution in [0.2, 0.25) is 0 Å². The second-order valence-corrected chi connectivity index (χ2v) is 6.17. The zero-order valence-electron chi connectivity index (χ0n) is 15.2. The fraction of sp³-hybridized carbons (Fsp3) is 0.333. The van der Waals surface area contributed by atoms with Crippen LogP contribution in [-0.4, -0.2) is 32.6 Å². The number of Topliss-reactive ketones (excluding diaryl/α,β-unsaturated/α-hetero) is 1. The van der Waals surface area contributed by atoms with Gasteiger partial charge < -0.3 is 14.2 Å². The molecule has 2 aromatic rings. The highest BCUT2D eigenvalue weighted by Crippen LogP contribution is 2.45. The summed E-state index contributed by atoms with van der Waals surface area (Å²) in [6.45, 7) is 2.05. The Morgan fingerprint density at radius 3 is 2.35 bits per heavy atom. The molecule has 0 heterocycles. The van der Waals surface area contributed by atoms with E-state index in [0.29, 0.717) is 17.1 Å². The van der Waals surface area contributed by atoms with Gasteiger partial charge >= 0.3 is 5.97 Å². The van der Waals surface area contributed by atoms with Gasteiger partial charge in [-0.05, 0) is 30.2 Å². The fourth-order valence-corrected chi connectivity index (χ4v) is 3.58. The third-order valence-corrected chi connectivity index (χ3v) is 4.75. The van der Waals surface area contributed by atoms with Gasteiger partial charge in [0.1, 0.15) is 0 Å². The van der Waals surface area contributed by atoms with Gasteiger partial charge in [0.05, 0.1) is 26.7 Å². The molecule has 1 aliphatic rings. The van der Waals surface area contributed by atoms with Crippen molar-refractivity contribution in [2.45, 2.75) is 19.3 Å². The molecule has 2 atom stereocenters. The van der Waals surface area contributed by atoms with E-state index in [9.17, 15) is 9.59 Å². The second kappa shape index (κ2) is 7.60. The summed E-state index contributed by atoms with van der Waals surface area (Å²) >= 11 is 0. The number of hydrogen-bond donors (Lipinski definition) is 0. The number of hydrogen-bond acceptors (Lipinski definition) is 5. The molecule has 0 spiro atoms. The van der Waals surface area contributed by atoms with E-state index in [1.807, 2.05) is 30.3 Å². The van der Waals surface area contributed by atoms with Crippen LogP contribution in [0.25, 0.3) is 0 Å². The number of benzene rings is 2. The molecule has 5 nitrogen and oxygen atoms in total. The average molecular weight is 354 g/mol. The van der Waals surface area contributed by atoms with Crippen molar-refractivity contribution in [2.24, 2.45) is 5.92 Å². The van der Waals surface area contributed by atoms with Crippen molar-refractivity contribution < 1.29 is 23.8 Å². The monoisotopic (exact) mass is 354 g/mol. The Bertz CT molecular complexity index is 813. The van der Waals surface area contributed by atoms with Crippen LogP contribution in [0.4, 0.5) is 0 Å². The number of rotatable bonds is 5. The summed E-state index contributed by atoms with van der Waals surface area (Å²) in [7, 11) is 3.09. The van der Waals surface area contributed by atoms with Gasteiger partial charge in [-0.15, -0.1) is 0 Å². The molecule has 0 fully saturated rings. The molecule has 0 saturated carbocycles. The van der Waals surface area contributed by atoms with Crippen molar-refractivity contribution in [3.8, 4) is 11.5 Å². The zero-order chi connectivity index (χ0) is 18.7. The first kappa shape index (κ1) is 18.0. The minimum Gasteiger partial charge on any atom is -0.493 e. The maximum atomic E-state index is 12.7. The summed E-state index contributed by atoms with van der Waals surface area (Å²) in [6.07, 6.45) is 0.112. The second-order valence-electron chi connectivity index (χ2n) is 6.17. The van der Waals surface area contributed by atoms with Crippen LogP contribution in [-0.2, 0) is 9.53 Å². The van der Waals surface area contributed by atoms with Gasteiger partial charge in [0.2, 0.25) is 0 Å². The summed E-state index contributed by atoms with van der Waals surface area (Å²) in [5, 5.41) is 0. The van der Waals surface area contributed by atoms with Crippen molar-refractivity contribution in [2.75, 3.05) is 20.8 Å². The number of fused-ring (bicyclic) bond motifs is 1. The smallest absolute Gasteiger partial charge is 0.310 e. The summed E-state index contributed by atoms with van der Waals surface area (Å²) in [6, 6.07) is 13.2. The molecule has 0 aliphatic heterocycles. The van der Waals surface area contributed by atoms with Gasteiger partial charge in [-0.1, -0.05) is 30.3 Å². The molecule has 3 rings (SSSR count). The molecule has 0 unspecified atom stereocenters. The molecular weight excluding hydrogens is 332 g/mol. The lowest BCUT2D eigenvalue weighted by molar-refractivity contribution is -0.148. The lowest BCUT2D eigenvalue weighted by atomic mass is 9.71. The van der Waals surface area contributed by atoms with Crippen LogP contribution < -0.4 is 9.47 Å². The molecule has 5 heteroatoms. The molecule has 2 aromatic carbocycles. The Kier molecular flexibility index (Phi) is 5.26. The van der Waals surface area contributed by atoms with Crippen molar-refractivity contribution in [3.05, 3.63) is 59.2 Å². The number of ether oxygens (including phenoxy) is 3. The Labute approximate surface area is 152 Å². The first-order valence-corrected chi connectivity index (χ1v) is 8.61. The predicted molar refractivity (Wildman–Crippen MR) is 96.9 cm³/mol. The minimum atomic E-state index is -0.560. The number of ketones is 1. The van der Waals surface area contributed by atoms with Crippen molar-refractivity contribution >= 4 is 11.8 Å². The first-order chi connectivity index (χ1) is 12.6. The summed E-state index contributed by atoms with van der Waals surface area (Å²) < 4.78 is 16.0. The van der Waals surface area contributed by atoms with Gasteiger partial charge in [0.15, 0.2) is 17.3 Å². The quantitative estimate of drug-likeness (QED) is 0.768. The van der Waals surface area contributed by atoms with E-state index in [4.69, 9.17) is 14.2 Å². The Hall–Kier alpha value is -2.82. The van der Waals surface area contributed by atoms with Gasteiger partial charge in [-0.25, -0.2) is 0 Å². The fourth-order valence-electron chi connectivity index (χ4n) is 3.58. The van der Waals surface area contributed by atoms with E-state index in [0.717, 1.165) is 11.1 Å². The molecule has 0 aromatic heterocycles. The lowest BCUT2D eigenvalue weighted by Crippen LogP contribution is -2.33. The average Bonchev–Trinajstić information content (AvgIpc) is 2.67. The third kappa shape index (κ3) is 3.17. The topological polar surface area (TPSA) is 61.8 Å². The molecule has 0 saturated heterocycles. The largest absolute Gasteiger partial charge is 0.493 e. The number of esters is 1.